The molecular formula is C17H21IO5S. The average Bonchev–Trinajstić information content (AvgIpc) is 2.56. The number of benzene rings is 2. The summed E-state index contributed by atoms with van der Waals surface area (Å²) in [6.07, 6.45) is 0.501. The van der Waals surface area contributed by atoms with Crippen molar-refractivity contribution in [3.63, 3.8) is 0 Å². The second-order valence-electron chi connectivity index (χ2n) is 5.21. The fraction of sp³-hybridized carbons (Fsp3) is 0.294. The van der Waals surface area contributed by atoms with Crippen molar-refractivity contribution < 1.29 is 19.1 Å². The molecule has 0 aromatic heterocycles. The quantitative estimate of drug-likeness (QED) is 0.628. The normalized spacial score (nSPS) is 13.6. The molecule has 0 aliphatic rings. The Kier molecular flexibility index (Phi) is 6.76. The first kappa shape index (κ1) is 19.3. The second kappa shape index (κ2) is 8.39. The van der Waals surface area contributed by atoms with E-state index in [2.05, 4.69) is 0 Å². The first-order chi connectivity index (χ1) is 11.4. The molecule has 0 bridgehead atoms. The first-order valence-electron chi connectivity index (χ1n) is 7.41. The summed E-state index contributed by atoms with van der Waals surface area (Å²) < 4.78 is 46.3. The fourth-order valence-corrected chi connectivity index (χ4v) is 7.14. The van der Waals surface area contributed by atoms with Crippen molar-refractivity contribution in [2.45, 2.75) is 31.3 Å². The van der Waals surface area contributed by atoms with Gasteiger partial charge in [-0.1, -0.05) is 0 Å². The minimum absolute atomic E-state index is 0.0423. The number of ether oxygens (including phenoxy) is 1. The molecule has 0 radical (unpaired) electrons. The number of rotatable bonds is 7. The molecule has 7 heteroatoms. The van der Waals surface area contributed by atoms with Crippen LogP contribution >= 0.6 is 20.6 Å². The molecule has 0 saturated carbocycles. The molecule has 0 amide bonds. The summed E-state index contributed by atoms with van der Waals surface area (Å²) in [6, 6.07) is 13.5. The van der Waals surface area contributed by atoms with Gasteiger partial charge in [-0.25, -0.2) is 0 Å². The number of hydrogen-bond acceptors (Lipinski definition) is 5. The van der Waals surface area contributed by atoms with Crippen molar-refractivity contribution in [1.82, 2.24) is 0 Å². The van der Waals surface area contributed by atoms with Crippen LogP contribution in [0.3, 0.4) is 0 Å². The molecule has 0 aliphatic heterocycles. The predicted octanol–water partition coefficient (Wildman–Crippen LogP) is 4.00. The van der Waals surface area contributed by atoms with Crippen molar-refractivity contribution in [2.24, 2.45) is 0 Å². The summed E-state index contributed by atoms with van der Waals surface area (Å²) in [5.74, 6) is 0. The molecule has 132 valence electrons. The summed E-state index contributed by atoms with van der Waals surface area (Å²) in [7, 11) is -2.41. The Labute approximate surface area is 151 Å². The van der Waals surface area contributed by atoms with Crippen LogP contribution in [0.1, 0.15) is 30.6 Å². The summed E-state index contributed by atoms with van der Waals surface area (Å²) in [5, 5.41) is 0. The van der Waals surface area contributed by atoms with E-state index < -0.39 is 30.8 Å². The third kappa shape index (κ3) is 4.54. The van der Waals surface area contributed by atoms with Crippen LogP contribution in [-0.2, 0) is 17.4 Å². The summed E-state index contributed by atoms with van der Waals surface area (Å²) in [6.45, 7) is 3.83. The van der Waals surface area contributed by atoms with Gasteiger partial charge in [0.1, 0.15) is 0 Å². The zero-order valence-corrected chi connectivity index (χ0v) is 16.7. The third-order valence-electron chi connectivity index (χ3n) is 3.53. The fourth-order valence-electron chi connectivity index (χ4n) is 2.25. The van der Waals surface area contributed by atoms with Gasteiger partial charge in [0.05, 0.1) is 0 Å². The number of methoxy groups -OCH3 is 1. The van der Waals surface area contributed by atoms with Crippen LogP contribution in [0.15, 0.2) is 53.4 Å². The van der Waals surface area contributed by atoms with E-state index in [1.165, 1.54) is 12.1 Å². The van der Waals surface area contributed by atoms with Crippen LogP contribution in [0.25, 0.3) is 0 Å². The topological polar surface area (TPSA) is 72.8 Å². The summed E-state index contributed by atoms with van der Waals surface area (Å²) in [4.78, 5) is 0.0423. The average molecular weight is 464 g/mol. The van der Waals surface area contributed by atoms with Crippen LogP contribution in [0.5, 0.6) is 0 Å². The minimum atomic E-state index is -4.00. The SMILES string of the molecule is CC[C@H](OC)c1ccccc1I(O)OS(=O)(=O)c1ccc(C)cc1. The van der Waals surface area contributed by atoms with E-state index in [4.69, 9.17) is 7.25 Å². The van der Waals surface area contributed by atoms with Gasteiger partial charge in [-0.15, -0.1) is 0 Å². The van der Waals surface area contributed by atoms with Gasteiger partial charge in [-0.05, 0) is 0 Å². The van der Waals surface area contributed by atoms with E-state index in [-0.39, 0.29) is 11.0 Å². The molecule has 0 heterocycles. The van der Waals surface area contributed by atoms with E-state index in [9.17, 15) is 11.9 Å². The maximum absolute atomic E-state index is 12.4. The monoisotopic (exact) mass is 464 g/mol. The van der Waals surface area contributed by atoms with E-state index >= 15 is 0 Å². The molecule has 2 aromatic rings. The summed E-state index contributed by atoms with van der Waals surface area (Å²) >= 11 is -3.36. The number of aryl methyl sites for hydroxylation is 1. The molecule has 0 spiro atoms. The maximum atomic E-state index is 12.4. The molecule has 5 nitrogen and oxygen atoms in total. The molecule has 0 fully saturated rings. The van der Waals surface area contributed by atoms with Crippen molar-refractivity contribution in [1.29, 1.82) is 0 Å². The van der Waals surface area contributed by atoms with Crippen LogP contribution in [0, 0.1) is 10.5 Å². The molecule has 1 atom stereocenters. The van der Waals surface area contributed by atoms with Gasteiger partial charge in [-0.2, -0.15) is 0 Å². The zero-order valence-electron chi connectivity index (χ0n) is 13.8. The number of hydrogen-bond donors (Lipinski definition) is 1. The van der Waals surface area contributed by atoms with Gasteiger partial charge >= 0.3 is 151 Å². The number of halogens is 1. The van der Waals surface area contributed by atoms with Gasteiger partial charge in [-0.3, -0.25) is 0 Å². The van der Waals surface area contributed by atoms with Crippen LogP contribution in [0.4, 0.5) is 0 Å². The van der Waals surface area contributed by atoms with E-state index in [0.717, 1.165) is 11.1 Å². The van der Waals surface area contributed by atoms with Crippen molar-refractivity contribution in [3.8, 4) is 0 Å². The molecule has 1 N–H and O–H groups in total. The van der Waals surface area contributed by atoms with Gasteiger partial charge in [0, 0.05) is 0 Å². The molecular weight excluding hydrogens is 443 g/mol. The Morgan fingerprint density at radius 2 is 1.75 bits per heavy atom. The van der Waals surface area contributed by atoms with Crippen LogP contribution in [0.2, 0.25) is 0 Å². The van der Waals surface area contributed by atoms with Gasteiger partial charge < -0.3 is 0 Å². The second-order valence-corrected chi connectivity index (χ2v) is 10.3. The molecule has 0 saturated heterocycles. The van der Waals surface area contributed by atoms with Crippen LogP contribution in [-0.4, -0.2) is 19.0 Å². The Balaban J connectivity index is 2.30. The Morgan fingerprint density at radius 3 is 2.33 bits per heavy atom. The van der Waals surface area contributed by atoms with Gasteiger partial charge in [0.25, 0.3) is 0 Å². The molecule has 2 aromatic carbocycles. The molecule has 24 heavy (non-hydrogen) atoms. The molecule has 0 aliphatic carbocycles. The van der Waals surface area contributed by atoms with Crippen molar-refractivity contribution in [2.75, 3.05) is 7.11 Å². The molecule has 2 rings (SSSR count). The van der Waals surface area contributed by atoms with E-state index in [1.807, 2.05) is 26.0 Å². The Morgan fingerprint density at radius 1 is 1.12 bits per heavy atom. The first-order valence-corrected chi connectivity index (χ1v) is 11.7. The van der Waals surface area contributed by atoms with Crippen molar-refractivity contribution >= 4 is 30.8 Å². The van der Waals surface area contributed by atoms with E-state index in [0.29, 0.717) is 9.99 Å². The predicted molar refractivity (Wildman–Crippen MR) is 101 cm³/mol. The van der Waals surface area contributed by atoms with Crippen LogP contribution < -0.4 is 0 Å². The Bertz CT molecular complexity index is 770. The standard InChI is InChI=1S/C17H21IO5S/c1-4-17(22-3)15-7-5-6-8-16(15)18(19)23-24(20,21)14-11-9-13(2)10-12-14/h5-12,17,19H,4H2,1-3H3/t17-/m0/s1. The van der Waals surface area contributed by atoms with E-state index in [1.54, 1.807) is 31.4 Å². The zero-order chi connectivity index (χ0) is 17.7. The Hall–Kier alpha value is -1.00. The van der Waals surface area contributed by atoms with Gasteiger partial charge in [0.2, 0.25) is 0 Å². The summed E-state index contributed by atoms with van der Waals surface area (Å²) in [5.41, 5.74) is 1.72. The third-order valence-corrected chi connectivity index (χ3v) is 9.09. The molecule has 0 unspecified atom stereocenters. The van der Waals surface area contributed by atoms with Crippen molar-refractivity contribution in [3.05, 3.63) is 63.2 Å². The van der Waals surface area contributed by atoms with Gasteiger partial charge in [0.15, 0.2) is 0 Å².